The molecule has 2 aromatic rings. The van der Waals surface area contributed by atoms with E-state index in [1.165, 1.54) is 43.7 Å². The van der Waals surface area contributed by atoms with Gasteiger partial charge in [-0.1, -0.05) is 6.42 Å². The van der Waals surface area contributed by atoms with E-state index in [0.717, 1.165) is 23.7 Å². The van der Waals surface area contributed by atoms with E-state index in [-0.39, 0.29) is 5.91 Å². The summed E-state index contributed by atoms with van der Waals surface area (Å²) in [6.07, 6.45) is 8.84. The third-order valence-corrected chi connectivity index (χ3v) is 4.99. The van der Waals surface area contributed by atoms with E-state index in [1.54, 1.807) is 18.5 Å². The van der Waals surface area contributed by atoms with E-state index in [2.05, 4.69) is 25.2 Å². The zero-order chi connectivity index (χ0) is 16.6. The zero-order valence-electron chi connectivity index (χ0n) is 13.8. The highest BCUT2D eigenvalue weighted by molar-refractivity contribution is 7.13. The number of thiazole rings is 1. The number of aromatic nitrogens is 3. The number of hydrogen-bond donors (Lipinski definition) is 1. The van der Waals surface area contributed by atoms with E-state index in [0.29, 0.717) is 18.8 Å². The molecule has 0 unspecified atom stereocenters. The average molecular weight is 345 g/mol. The van der Waals surface area contributed by atoms with Crippen molar-refractivity contribution in [1.29, 1.82) is 0 Å². The molecule has 0 saturated carbocycles. The standard InChI is InChI=1S/C17H23N5OS/c23-15(6-4-11-22-9-2-1-3-10-22)20-12-14-13-24-17(21-14)16-18-7-5-8-19-16/h5,7-8,13H,1-4,6,9-12H2,(H,20,23). The SMILES string of the molecule is O=C(CCCN1CCCCC1)NCc1csc(-c2ncccn2)n1. The van der Waals surface area contributed by atoms with Gasteiger partial charge in [0.05, 0.1) is 12.2 Å². The highest BCUT2D eigenvalue weighted by atomic mass is 32.1. The summed E-state index contributed by atoms with van der Waals surface area (Å²) in [6, 6.07) is 1.78. The number of hydrogen-bond acceptors (Lipinski definition) is 6. The van der Waals surface area contributed by atoms with Crippen LogP contribution in [0.5, 0.6) is 0 Å². The van der Waals surface area contributed by atoms with Crippen LogP contribution in [0, 0.1) is 0 Å². The molecule has 1 amide bonds. The van der Waals surface area contributed by atoms with Gasteiger partial charge < -0.3 is 10.2 Å². The Labute approximate surface area is 146 Å². The van der Waals surface area contributed by atoms with Crippen molar-refractivity contribution in [3.8, 4) is 10.8 Å². The number of likely N-dealkylation sites (tertiary alicyclic amines) is 1. The highest BCUT2D eigenvalue weighted by Crippen LogP contribution is 2.19. The van der Waals surface area contributed by atoms with Crippen LogP contribution in [0.3, 0.4) is 0 Å². The molecule has 3 rings (SSSR count). The molecule has 2 aromatic heterocycles. The van der Waals surface area contributed by atoms with E-state index in [4.69, 9.17) is 0 Å². The van der Waals surface area contributed by atoms with Crippen molar-refractivity contribution in [3.63, 3.8) is 0 Å². The molecule has 3 heterocycles. The number of amides is 1. The van der Waals surface area contributed by atoms with Crippen LogP contribution < -0.4 is 5.32 Å². The first-order valence-corrected chi connectivity index (χ1v) is 9.40. The molecular weight excluding hydrogens is 322 g/mol. The molecular formula is C17H23N5OS. The maximum absolute atomic E-state index is 12.0. The van der Waals surface area contributed by atoms with Gasteiger partial charge in [0.15, 0.2) is 10.8 Å². The second-order valence-corrected chi connectivity index (χ2v) is 6.86. The fraction of sp³-hybridized carbons (Fsp3) is 0.529. The van der Waals surface area contributed by atoms with Gasteiger partial charge in [0.1, 0.15) is 0 Å². The molecule has 6 nitrogen and oxygen atoms in total. The summed E-state index contributed by atoms with van der Waals surface area (Å²) in [5.41, 5.74) is 0.854. The average Bonchev–Trinajstić information content (AvgIpc) is 3.11. The molecule has 1 saturated heterocycles. The maximum Gasteiger partial charge on any atom is 0.220 e. The molecule has 128 valence electrons. The normalized spacial score (nSPS) is 15.3. The third kappa shape index (κ3) is 5.07. The Bertz CT molecular complexity index is 639. The van der Waals surface area contributed by atoms with Crippen molar-refractivity contribution in [3.05, 3.63) is 29.5 Å². The van der Waals surface area contributed by atoms with Gasteiger partial charge in [-0.3, -0.25) is 4.79 Å². The highest BCUT2D eigenvalue weighted by Gasteiger charge is 2.11. The molecule has 0 spiro atoms. The van der Waals surface area contributed by atoms with Gasteiger partial charge >= 0.3 is 0 Å². The Morgan fingerprint density at radius 1 is 1.21 bits per heavy atom. The molecule has 0 atom stereocenters. The molecule has 0 aliphatic carbocycles. The van der Waals surface area contributed by atoms with Crippen LogP contribution >= 0.6 is 11.3 Å². The van der Waals surface area contributed by atoms with Crippen molar-refractivity contribution in [2.24, 2.45) is 0 Å². The van der Waals surface area contributed by atoms with Gasteiger partial charge in [-0.25, -0.2) is 15.0 Å². The van der Waals surface area contributed by atoms with Crippen molar-refractivity contribution in [1.82, 2.24) is 25.2 Å². The van der Waals surface area contributed by atoms with Crippen LogP contribution in [0.2, 0.25) is 0 Å². The van der Waals surface area contributed by atoms with Crippen molar-refractivity contribution in [2.45, 2.75) is 38.6 Å². The molecule has 1 N–H and O–H groups in total. The minimum absolute atomic E-state index is 0.0949. The summed E-state index contributed by atoms with van der Waals surface area (Å²) in [5, 5.41) is 5.67. The first-order valence-electron chi connectivity index (χ1n) is 8.52. The van der Waals surface area contributed by atoms with Crippen LogP contribution in [-0.4, -0.2) is 45.4 Å². The predicted molar refractivity (Wildman–Crippen MR) is 94.5 cm³/mol. The summed E-state index contributed by atoms with van der Waals surface area (Å²) in [5.74, 6) is 0.721. The van der Waals surface area contributed by atoms with Crippen molar-refractivity contribution in [2.75, 3.05) is 19.6 Å². The monoisotopic (exact) mass is 345 g/mol. The summed E-state index contributed by atoms with van der Waals surface area (Å²) < 4.78 is 0. The number of piperidine rings is 1. The lowest BCUT2D eigenvalue weighted by molar-refractivity contribution is -0.121. The smallest absolute Gasteiger partial charge is 0.220 e. The van der Waals surface area contributed by atoms with Gasteiger partial charge in [0.2, 0.25) is 5.91 Å². The van der Waals surface area contributed by atoms with Crippen LogP contribution in [-0.2, 0) is 11.3 Å². The first-order chi connectivity index (χ1) is 11.8. The Morgan fingerprint density at radius 3 is 2.79 bits per heavy atom. The number of nitrogens with one attached hydrogen (secondary N) is 1. The Morgan fingerprint density at radius 2 is 2.00 bits per heavy atom. The van der Waals surface area contributed by atoms with Gasteiger partial charge in [-0.15, -0.1) is 11.3 Å². The van der Waals surface area contributed by atoms with Gasteiger partial charge in [-0.2, -0.15) is 0 Å². The minimum atomic E-state index is 0.0949. The minimum Gasteiger partial charge on any atom is -0.350 e. The third-order valence-electron chi connectivity index (χ3n) is 4.10. The van der Waals surface area contributed by atoms with Crippen LogP contribution in [0.15, 0.2) is 23.8 Å². The predicted octanol–water partition coefficient (Wildman–Crippen LogP) is 2.48. The topological polar surface area (TPSA) is 71.0 Å². The molecule has 0 radical (unpaired) electrons. The molecule has 24 heavy (non-hydrogen) atoms. The van der Waals surface area contributed by atoms with Crippen molar-refractivity contribution >= 4 is 17.2 Å². The van der Waals surface area contributed by atoms with Gasteiger partial charge in [0, 0.05) is 24.2 Å². The fourth-order valence-corrected chi connectivity index (χ4v) is 3.59. The molecule has 0 aromatic carbocycles. The second kappa shape index (κ2) is 8.84. The molecule has 7 heteroatoms. The molecule has 1 aliphatic rings. The van der Waals surface area contributed by atoms with Gasteiger partial charge in [0.25, 0.3) is 0 Å². The molecule has 1 fully saturated rings. The van der Waals surface area contributed by atoms with E-state index in [1.807, 2.05) is 5.38 Å². The number of rotatable bonds is 7. The number of carbonyl (C=O) groups is 1. The number of carbonyl (C=O) groups excluding carboxylic acids is 1. The summed E-state index contributed by atoms with van der Waals surface area (Å²) in [6.45, 7) is 3.86. The lowest BCUT2D eigenvalue weighted by Gasteiger charge is -2.26. The molecule has 0 bridgehead atoms. The summed E-state index contributed by atoms with van der Waals surface area (Å²) >= 11 is 1.50. The van der Waals surface area contributed by atoms with Gasteiger partial charge in [-0.05, 0) is 45.0 Å². The fourth-order valence-electron chi connectivity index (χ4n) is 2.82. The largest absolute Gasteiger partial charge is 0.350 e. The van der Waals surface area contributed by atoms with E-state index < -0.39 is 0 Å². The lowest BCUT2D eigenvalue weighted by atomic mass is 10.1. The van der Waals surface area contributed by atoms with Crippen LogP contribution in [0.4, 0.5) is 0 Å². The lowest BCUT2D eigenvalue weighted by Crippen LogP contribution is -2.31. The first kappa shape index (κ1) is 17.0. The molecule has 1 aliphatic heterocycles. The van der Waals surface area contributed by atoms with E-state index in [9.17, 15) is 4.79 Å². The summed E-state index contributed by atoms with van der Waals surface area (Å²) in [7, 11) is 0. The quantitative estimate of drug-likeness (QED) is 0.835. The second-order valence-electron chi connectivity index (χ2n) is 6.00. The number of nitrogens with zero attached hydrogens (tertiary/aromatic N) is 4. The Balaban J connectivity index is 1.38. The van der Waals surface area contributed by atoms with Crippen molar-refractivity contribution < 1.29 is 4.79 Å². The van der Waals surface area contributed by atoms with Crippen LogP contribution in [0.25, 0.3) is 10.8 Å². The van der Waals surface area contributed by atoms with E-state index >= 15 is 0 Å². The zero-order valence-corrected chi connectivity index (χ0v) is 14.6. The Hall–Kier alpha value is -1.86. The Kier molecular flexibility index (Phi) is 6.26. The maximum atomic E-state index is 12.0. The van der Waals surface area contributed by atoms with Crippen LogP contribution in [0.1, 0.15) is 37.8 Å². The summed E-state index contributed by atoms with van der Waals surface area (Å²) in [4.78, 5) is 27.3.